The lowest BCUT2D eigenvalue weighted by atomic mass is 10.3. The Morgan fingerprint density at radius 3 is 2.61 bits per heavy atom. The van der Waals surface area contributed by atoms with Crippen molar-refractivity contribution in [1.82, 2.24) is 4.98 Å². The molecule has 1 aromatic carbocycles. The first-order valence-corrected chi connectivity index (χ1v) is 7.50. The van der Waals surface area contributed by atoms with Gasteiger partial charge in [-0.2, -0.15) is 0 Å². The van der Waals surface area contributed by atoms with E-state index in [0.29, 0.717) is 25.0 Å². The average molecular weight is 314 g/mol. The van der Waals surface area contributed by atoms with Crippen molar-refractivity contribution in [2.45, 2.75) is 19.9 Å². The number of methoxy groups -OCH3 is 1. The topological polar surface area (TPSA) is 81.8 Å². The third-order valence-electron chi connectivity index (χ3n) is 3.05. The molecule has 0 bridgehead atoms. The second kappa shape index (κ2) is 8.63. The number of pyridine rings is 1. The predicted octanol–water partition coefficient (Wildman–Crippen LogP) is 2.81. The quantitative estimate of drug-likeness (QED) is 0.606. The van der Waals surface area contributed by atoms with Gasteiger partial charge >= 0.3 is 0 Å². The fraction of sp³-hybridized carbons (Fsp3) is 0.294. The van der Waals surface area contributed by atoms with E-state index in [1.807, 2.05) is 36.4 Å². The molecule has 3 N–H and O–H groups in total. The van der Waals surface area contributed by atoms with E-state index in [2.05, 4.69) is 22.2 Å². The van der Waals surface area contributed by atoms with Gasteiger partial charge in [-0.1, -0.05) is 13.0 Å². The number of nitrogens with zero attached hydrogens (tertiary/aromatic N) is 2. The number of benzene rings is 1. The van der Waals surface area contributed by atoms with Gasteiger partial charge in [0, 0.05) is 18.0 Å². The molecular weight excluding hydrogens is 292 g/mol. The standard InChI is InChI=1S/C17H22N4O2/c1-3-10-23-16-9-4-13(11-19-16)12-20-17(18)21-14-5-7-15(22-2)8-6-14/h4-9,11H,3,10,12H2,1-2H3,(H3,18,20,21). The zero-order chi connectivity index (χ0) is 16.5. The molecule has 0 spiro atoms. The van der Waals surface area contributed by atoms with Gasteiger partial charge in [-0.25, -0.2) is 9.98 Å². The highest BCUT2D eigenvalue weighted by Gasteiger charge is 1.99. The molecule has 6 nitrogen and oxygen atoms in total. The first-order chi connectivity index (χ1) is 11.2. The zero-order valence-electron chi connectivity index (χ0n) is 13.5. The lowest BCUT2D eigenvalue weighted by Crippen LogP contribution is -2.22. The molecule has 0 saturated heterocycles. The Morgan fingerprint density at radius 2 is 2.00 bits per heavy atom. The molecule has 0 fully saturated rings. The molecule has 0 radical (unpaired) electrons. The molecule has 122 valence electrons. The zero-order valence-corrected chi connectivity index (χ0v) is 13.5. The van der Waals surface area contributed by atoms with Crippen LogP contribution in [-0.2, 0) is 6.54 Å². The van der Waals surface area contributed by atoms with Crippen LogP contribution in [0.2, 0.25) is 0 Å². The number of guanidine groups is 1. The number of aromatic nitrogens is 1. The van der Waals surface area contributed by atoms with Gasteiger partial charge in [0.15, 0.2) is 5.96 Å². The molecule has 2 aromatic rings. The number of nitrogens with one attached hydrogen (secondary N) is 1. The molecule has 0 unspecified atom stereocenters. The first-order valence-electron chi connectivity index (χ1n) is 7.50. The summed E-state index contributed by atoms with van der Waals surface area (Å²) in [7, 11) is 1.63. The monoisotopic (exact) mass is 314 g/mol. The van der Waals surface area contributed by atoms with Crippen molar-refractivity contribution < 1.29 is 9.47 Å². The molecular formula is C17H22N4O2. The van der Waals surface area contributed by atoms with Crippen LogP contribution in [0.4, 0.5) is 5.69 Å². The van der Waals surface area contributed by atoms with Gasteiger partial charge in [0.1, 0.15) is 5.75 Å². The Kier molecular flexibility index (Phi) is 6.23. The number of anilines is 1. The van der Waals surface area contributed by atoms with E-state index in [4.69, 9.17) is 15.2 Å². The first kappa shape index (κ1) is 16.6. The summed E-state index contributed by atoms with van der Waals surface area (Å²) < 4.78 is 10.5. The minimum absolute atomic E-state index is 0.349. The molecule has 2 rings (SSSR count). The van der Waals surface area contributed by atoms with Crippen LogP contribution < -0.4 is 20.5 Å². The van der Waals surface area contributed by atoms with Gasteiger partial charge in [-0.15, -0.1) is 0 Å². The van der Waals surface area contributed by atoms with Crippen molar-refractivity contribution in [3.63, 3.8) is 0 Å². The highest BCUT2D eigenvalue weighted by atomic mass is 16.5. The average Bonchev–Trinajstić information content (AvgIpc) is 2.59. The summed E-state index contributed by atoms with van der Waals surface area (Å²) in [5.41, 5.74) is 7.70. The lowest BCUT2D eigenvalue weighted by Gasteiger charge is -2.07. The molecule has 0 amide bonds. The Bertz CT molecular complexity index is 624. The second-order valence-electron chi connectivity index (χ2n) is 4.91. The van der Waals surface area contributed by atoms with Crippen LogP contribution in [0.25, 0.3) is 0 Å². The van der Waals surface area contributed by atoms with Crippen LogP contribution in [0, 0.1) is 0 Å². The summed E-state index contributed by atoms with van der Waals surface area (Å²) >= 11 is 0. The number of nitrogens with two attached hydrogens (primary N) is 1. The minimum Gasteiger partial charge on any atom is -0.497 e. The van der Waals surface area contributed by atoms with E-state index in [1.54, 1.807) is 13.3 Å². The Morgan fingerprint density at radius 1 is 1.22 bits per heavy atom. The lowest BCUT2D eigenvalue weighted by molar-refractivity contribution is 0.305. The summed E-state index contributed by atoms with van der Waals surface area (Å²) in [6, 6.07) is 11.2. The summed E-state index contributed by atoms with van der Waals surface area (Å²) in [6.07, 6.45) is 2.70. The number of ether oxygens (including phenoxy) is 2. The fourth-order valence-corrected chi connectivity index (χ4v) is 1.83. The van der Waals surface area contributed by atoms with E-state index >= 15 is 0 Å². The Balaban J connectivity index is 1.88. The molecule has 0 aliphatic rings. The smallest absolute Gasteiger partial charge is 0.213 e. The van der Waals surface area contributed by atoms with Crippen LogP contribution in [0.5, 0.6) is 11.6 Å². The largest absolute Gasteiger partial charge is 0.497 e. The minimum atomic E-state index is 0.349. The summed E-state index contributed by atoms with van der Waals surface area (Å²) in [5, 5.41) is 3.03. The fourth-order valence-electron chi connectivity index (χ4n) is 1.83. The normalized spacial score (nSPS) is 11.1. The van der Waals surface area contributed by atoms with E-state index in [0.717, 1.165) is 23.4 Å². The van der Waals surface area contributed by atoms with Gasteiger partial charge < -0.3 is 20.5 Å². The number of hydrogen-bond donors (Lipinski definition) is 2. The van der Waals surface area contributed by atoms with Gasteiger partial charge in [0.05, 0.1) is 20.3 Å². The molecule has 0 aliphatic carbocycles. The van der Waals surface area contributed by atoms with Crippen molar-refractivity contribution in [3.8, 4) is 11.6 Å². The molecule has 23 heavy (non-hydrogen) atoms. The number of hydrogen-bond acceptors (Lipinski definition) is 4. The maximum absolute atomic E-state index is 5.88. The summed E-state index contributed by atoms with van der Waals surface area (Å²) in [6.45, 7) is 3.18. The summed E-state index contributed by atoms with van der Waals surface area (Å²) in [5.74, 6) is 1.77. The number of rotatable bonds is 7. The van der Waals surface area contributed by atoms with Gasteiger partial charge in [0.2, 0.25) is 5.88 Å². The van der Waals surface area contributed by atoms with Crippen LogP contribution in [-0.4, -0.2) is 24.7 Å². The number of aliphatic imine (C=N–C) groups is 1. The highest BCUT2D eigenvalue weighted by Crippen LogP contribution is 2.14. The van der Waals surface area contributed by atoms with Crippen LogP contribution in [0.3, 0.4) is 0 Å². The van der Waals surface area contributed by atoms with E-state index < -0.39 is 0 Å². The highest BCUT2D eigenvalue weighted by molar-refractivity contribution is 5.92. The van der Waals surface area contributed by atoms with Crippen LogP contribution >= 0.6 is 0 Å². The summed E-state index contributed by atoms with van der Waals surface area (Å²) in [4.78, 5) is 8.53. The van der Waals surface area contributed by atoms with E-state index in [9.17, 15) is 0 Å². The van der Waals surface area contributed by atoms with Crippen molar-refractivity contribution >= 4 is 11.6 Å². The third kappa shape index (κ3) is 5.50. The van der Waals surface area contributed by atoms with Crippen molar-refractivity contribution in [2.75, 3.05) is 19.0 Å². The van der Waals surface area contributed by atoms with Crippen LogP contribution in [0.15, 0.2) is 47.6 Å². The Labute approximate surface area is 136 Å². The second-order valence-corrected chi connectivity index (χ2v) is 4.91. The molecule has 1 aromatic heterocycles. The van der Waals surface area contributed by atoms with Crippen molar-refractivity contribution in [2.24, 2.45) is 10.7 Å². The Hall–Kier alpha value is -2.76. The predicted molar refractivity (Wildman–Crippen MR) is 92.0 cm³/mol. The van der Waals surface area contributed by atoms with Gasteiger partial charge in [-0.05, 0) is 36.2 Å². The molecule has 0 saturated carbocycles. The van der Waals surface area contributed by atoms with Crippen LogP contribution in [0.1, 0.15) is 18.9 Å². The van der Waals surface area contributed by atoms with E-state index in [1.165, 1.54) is 0 Å². The maximum Gasteiger partial charge on any atom is 0.213 e. The van der Waals surface area contributed by atoms with Gasteiger partial charge in [-0.3, -0.25) is 0 Å². The molecule has 6 heteroatoms. The third-order valence-corrected chi connectivity index (χ3v) is 3.05. The van der Waals surface area contributed by atoms with Gasteiger partial charge in [0.25, 0.3) is 0 Å². The van der Waals surface area contributed by atoms with Crippen molar-refractivity contribution in [1.29, 1.82) is 0 Å². The van der Waals surface area contributed by atoms with Crippen molar-refractivity contribution in [3.05, 3.63) is 48.2 Å². The van der Waals surface area contributed by atoms with E-state index in [-0.39, 0.29) is 0 Å². The SMILES string of the molecule is CCCOc1ccc(CN=C(N)Nc2ccc(OC)cc2)cn1. The molecule has 0 atom stereocenters. The molecule has 0 aliphatic heterocycles. The molecule has 1 heterocycles. The maximum atomic E-state index is 5.88.